The zero-order valence-corrected chi connectivity index (χ0v) is 13.2. The minimum atomic E-state index is -0.810. The largest absolute Gasteiger partial charge is 0.481 e. The van der Waals surface area contributed by atoms with Crippen LogP contribution in [-0.4, -0.2) is 11.1 Å². The predicted molar refractivity (Wildman–Crippen MR) is 82.4 cm³/mol. The van der Waals surface area contributed by atoms with Gasteiger partial charge in [0.2, 0.25) is 0 Å². The first kappa shape index (κ1) is 14.3. The predicted octanol–water partition coefficient (Wildman–Crippen LogP) is 4.62. The topological polar surface area (TPSA) is 37.3 Å². The lowest BCUT2D eigenvalue weighted by Gasteiger charge is -2.14. The van der Waals surface area contributed by atoms with Crippen molar-refractivity contribution in [3.63, 3.8) is 0 Å². The van der Waals surface area contributed by atoms with Gasteiger partial charge in [-0.1, -0.05) is 62.2 Å². The van der Waals surface area contributed by atoms with Crippen LogP contribution in [0.1, 0.15) is 17.0 Å². The van der Waals surface area contributed by atoms with Gasteiger partial charge in [-0.25, -0.2) is 0 Å². The molecule has 0 fully saturated rings. The molecule has 19 heavy (non-hydrogen) atoms. The number of carboxylic acids is 1. The van der Waals surface area contributed by atoms with Gasteiger partial charge < -0.3 is 5.11 Å². The molecule has 0 aliphatic carbocycles. The molecule has 1 unspecified atom stereocenters. The van der Waals surface area contributed by atoms with Crippen LogP contribution >= 0.6 is 31.9 Å². The Labute approximate surface area is 128 Å². The molecule has 0 radical (unpaired) electrons. The molecule has 0 aromatic heterocycles. The van der Waals surface area contributed by atoms with Crippen molar-refractivity contribution in [1.82, 2.24) is 0 Å². The molecule has 2 aromatic rings. The Hall–Kier alpha value is -1.13. The van der Waals surface area contributed by atoms with Gasteiger partial charge in [-0.15, -0.1) is 0 Å². The highest BCUT2D eigenvalue weighted by molar-refractivity contribution is 9.10. The maximum absolute atomic E-state index is 11.5. The number of hydrogen-bond acceptors (Lipinski definition) is 1. The standard InChI is InChI=1S/C15H12Br2O2/c16-11-7-5-10(6-8-11)9-13(15(18)19)12-3-1-2-4-14(12)17/h1-8,13H,9H2,(H,18,19). The molecule has 1 atom stereocenters. The van der Waals surface area contributed by atoms with E-state index < -0.39 is 11.9 Å². The van der Waals surface area contributed by atoms with Crippen LogP contribution in [0.25, 0.3) is 0 Å². The van der Waals surface area contributed by atoms with E-state index in [-0.39, 0.29) is 0 Å². The Balaban J connectivity index is 2.29. The van der Waals surface area contributed by atoms with Crippen LogP contribution in [0.5, 0.6) is 0 Å². The first-order valence-corrected chi connectivity index (χ1v) is 7.38. The maximum Gasteiger partial charge on any atom is 0.311 e. The Morgan fingerprint density at radius 2 is 1.68 bits per heavy atom. The number of carbonyl (C=O) groups is 1. The smallest absolute Gasteiger partial charge is 0.311 e. The van der Waals surface area contributed by atoms with E-state index in [2.05, 4.69) is 31.9 Å². The van der Waals surface area contributed by atoms with Crippen LogP contribution in [0.2, 0.25) is 0 Å². The molecule has 98 valence electrons. The highest BCUT2D eigenvalue weighted by Gasteiger charge is 2.22. The Morgan fingerprint density at radius 1 is 1.05 bits per heavy atom. The van der Waals surface area contributed by atoms with Crippen molar-refractivity contribution in [2.45, 2.75) is 12.3 Å². The number of benzene rings is 2. The van der Waals surface area contributed by atoms with Gasteiger partial charge in [0.1, 0.15) is 0 Å². The van der Waals surface area contributed by atoms with Crippen molar-refractivity contribution in [2.24, 2.45) is 0 Å². The quantitative estimate of drug-likeness (QED) is 0.836. The highest BCUT2D eigenvalue weighted by atomic mass is 79.9. The first-order chi connectivity index (χ1) is 9.08. The van der Waals surface area contributed by atoms with Crippen LogP contribution in [-0.2, 0) is 11.2 Å². The summed E-state index contributed by atoms with van der Waals surface area (Å²) >= 11 is 6.79. The summed E-state index contributed by atoms with van der Waals surface area (Å²) in [4.78, 5) is 11.5. The molecule has 4 heteroatoms. The van der Waals surface area contributed by atoms with Crippen LogP contribution in [0, 0.1) is 0 Å². The molecule has 0 amide bonds. The average Bonchev–Trinajstić information content (AvgIpc) is 2.39. The van der Waals surface area contributed by atoms with Crippen LogP contribution in [0.4, 0.5) is 0 Å². The van der Waals surface area contributed by atoms with Gasteiger partial charge in [0.15, 0.2) is 0 Å². The molecule has 0 bridgehead atoms. The third-order valence-electron chi connectivity index (χ3n) is 2.93. The summed E-state index contributed by atoms with van der Waals surface area (Å²) in [5.41, 5.74) is 1.81. The number of halogens is 2. The van der Waals surface area contributed by atoms with Crippen molar-refractivity contribution in [3.8, 4) is 0 Å². The van der Waals surface area contributed by atoms with Gasteiger partial charge >= 0.3 is 5.97 Å². The molecule has 0 aliphatic rings. The minimum Gasteiger partial charge on any atom is -0.481 e. The van der Waals surface area contributed by atoms with E-state index in [1.54, 1.807) is 0 Å². The minimum absolute atomic E-state index is 0.477. The second-order valence-electron chi connectivity index (χ2n) is 4.24. The van der Waals surface area contributed by atoms with Gasteiger partial charge in [0, 0.05) is 8.95 Å². The molecule has 2 nitrogen and oxygen atoms in total. The first-order valence-electron chi connectivity index (χ1n) is 5.79. The van der Waals surface area contributed by atoms with E-state index in [9.17, 15) is 9.90 Å². The van der Waals surface area contributed by atoms with E-state index in [1.165, 1.54) is 0 Å². The summed E-state index contributed by atoms with van der Waals surface area (Å²) in [5.74, 6) is -1.36. The maximum atomic E-state index is 11.5. The molecule has 2 aromatic carbocycles. The van der Waals surface area contributed by atoms with E-state index >= 15 is 0 Å². The molecule has 0 saturated heterocycles. The molecule has 2 rings (SSSR count). The Morgan fingerprint density at radius 3 is 2.26 bits per heavy atom. The lowest BCUT2D eigenvalue weighted by atomic mass is 9.92. The molecule has 0 saturated carbocycles. The Bertz CT molecular complexity index is 579. The zero-order chi connectivity index (χ0) is 13.8. The summed E-state index contributed by atoms with van der Waals surface area (Å²) < 4.78 is 1.82. The van der Waals surface area contributed by atoms with Gasteiger partial charge in [-0.3, -0.25) is 4.79 Å². The summed E-state index contributed by atoms with van der Waals surface area (Å²) in [6.45, 7) is 0. The molecule has 0 aliphatic heterocycles. The van der Waals surface area contributed by atoms with Crippen LogP contribution in [0.15, 0.2) is 57.5 Å². The van der Waals surface area contributed by atoms with Crippen molar-refractivity contribution >= 4 is 37.8 Å². The fourth-order valence-corrected chi connectivity index (χ4v) is 2.77. The second kappa shape index (κ2) is 6.35. The van der Waals surface area contributed by atoms with Gasteiger partial charge in [0.25, 0.3) is 0 Å². The van der Waals surface area contributed by atoms with E-state index in [0.717, 1.165) is 20.1 Å². The SMILES string of the molecule is O=C(O)C(Cc1ccc(Br)cc1)c1ccccc1Br. The van der Waals surface area contributed by atoms with Crippen LogP contribution in [0.3, 0.4) is 0 Å². The summed E-state index contributed by atoms with van der Waals surface area (Å²) in [7, 11) is 0. The number of rotatable bonds is 4. The van der Waals surface area contributed by atoms with Gasteiger partial charge in [0.05, 0.1) is 5.92 Å². The fraction of sp³-hybridized carbons (Fsp3) is 0.133. The number of carboxylic acid groups (broad SMARTS) is 1. The van der Waals surface area contributed by atoms with E-state index in [4.69, 9.17) is 0 Å². The monoisotopic (exact) mass is 382 g/mol. The van der Waals surface area contributed by atoms with E-state index in [1.807, 2.05) is 48.5 Å². The highest BCUT2D eigenvalue weighted by Crippen LogP contribution is 2.28. The number of aliphatic carboxylic acids is 1. The van der Waals surface area contributed by atoms with Crippen molar-refractivity contribution in [2.75, 3.05) is 0 Å². The second-order valence-corrected chi connectivity index (χ2v) is 6.01. The molecular formula is C15H12Br2O2. The molecule has 1 N–H and O–H groups in total. The van der Waals surface area contributed by atoms with E-state index in [0.29, 0.717) is 6.42 Å². The van der Waals surface area contributed by atoms with Crippen molar-refractivity contribution < 1.29 is 9.90 Å². The lowest BCUT2D eigenvalue weighted by molar-refractivity contribution is -0.138. The Kier molecular flexibility index (Phi) is 4.77. The lowest BCUT2D eigenvalue weighted by Crippen LogP contribution is -2.15. The molecular weight excluding hydrogens is 372 g/mol. The van der Waals surface area contributed by atoms with Crippen molar-refractivity contribution in [3.05, 3.63) is 68.6 Å². The normalized spacial score (nSPS) is 12.1. The third-order valence-corrected chi connectivity index (χ3v) is 4.18. The van der Waals surface area contributed by atoms with Crippen molar-refractivity contribution in [1.29, 1.82) is 0 Å². The third kappa shape index (κ3) is 3.67. The summed E-state index contributed by atoms with van der Waals surface area (Å²) in [6.07, 6.45) is 0.477. The zero-order valence-electron chi connectivity index (χ0n) is 10.0. The fourth-order valence-electron chi connectivity index (χ4n) is 1.94. The van der Waals surface area contributed by atoms with Crippen LogP contribution < -0.4 is 0 Å². The molecule has 0 heterocycles. The summed E-state index contributed by atoms with van der Waals surface area (Å²) in [6, 6.07) is 15.2. The summed E-state index contributed by atoms with van der Waals surface area (Å²) in [5, 5.41) is 9.44. The van der Waals surface area contributed by atoms with Gasteiger partial charge in [-0.05, 0) is 35.7 Å². The number of hydrogen-bond donors (Lipinski definition) is 1. The van der Waals surface area contributed by atoms with Gasteiger partial charge in [-0.2, -0.15) is 0 Å². The molecule has 0 spiro atoms. The average molecular weight is 384 g/mol.